The molecular weight excluding hydrogens is 384 g/mol. The van der Waals surface area contributed by atoms with Crippen LogP contribution < -0.4 is 9.47 Å². The first-order valence-electron chi connectivity index (χ1n) is 11.7. The fraction of sp³-hybridized carbons (Fsp3) is 0.464. The van der Waals surface area contributed by atoms with Crippen LogP contribution in [0.3, 0.4) is 0 Å². The Morgan fingerprint density at radius 3 is 1.97 bits per heavy atom. The molecule has 0 saturated heterocycles. The van der Waals surface area contributed by atoms with Crippen LogP contribution in [-0.4, -0.2) is 12.6 Å². The summed E-state index contributed by atoms with van der Waals surface area (Å²) in [7, 11) is 0. The Hall–Kier alpha value is -2.73. The molecule has 0 atom stereocenters. The highest BCUT2D eigenvalue weighted by molar-refractivity contribution is 5.75. The molecule has 0 aliphatic heterocycles. The molecule has 3 rings (SSSR count). The Labute approximate surface area is 187 Å². The summed E-state index contributed by atoms with van der Waals surface area (Å²) in [5, 5.41) is 0. The van der Waals surface area contributed by atoms with Crippen molar-refractivity contribution in [1.82, 2.24) is 0 Å². The molecule has 3 nitrogen and oxygen atoms in total. The van der Waals surface area contributed by atoms with Gasteiger partial charge in [0.25, 0.3) is 0 Å². The molecule has 2 aromatic carbocycles. The Balaban J connectivity index is 1.49. The van der Waals surface area contributed by atoms with Crippen LogP contribution in [0.1, 0.15) is 76.3 Å². The number of carbonyl (C=O) groups excluding carboxylic acids is 1. The zero-order valence-electron chi connectivity index (χ0n) is 18.9. The van der Waals surface area contributed by atoms with Crippen LogP contribution in [0.5, 0.6) is 11.5 Å². The number of ether oxygens (including phenoxy) is 2. The van der Waals surface area contributed by atoms with E-state index in [4.69, 9.17) is 9.47 Å². The van der Waals surface area contributed by atoms with Gasteiger partial charge in [-0.1, -0.05) is 45.0 Å². The summed E-state index contributed by atoms with van der Waals surface area (Å²) in [5.74, 6) is 8.55. The lowest BCUT2D eigenvalue weighted by Crippen LogP contribution is -2.25. The van der Waals surface area contributed by atoms with E-state index >= 15 is 0 Å². The standard InChI is InChI=1S/C28H34O3/c1-3-5-21-30-26-17-11-23(12-18-26)7-8-24-13-19-27(20-14-24)31-28(29)25-15-9-22(6-4-2)10-16-25/h11-14,17-20,22,25H,3-6,9-10,15-16,21H2,1-2H3. The Bertz CT molecular complexity index is 863. The van der Waals surface area contributed by atoms with Crippen molar-refractivity contribution in [3.05, 3.63) is 59.7 Å². The van der Waals surface area contributed by atoms with Crippen LogP contribution in [0.25, 0.3) is 0 Å². The zero-order chi connectivity index (χ0) is 21.9. The predicted octanol–water partition coefficient (Wildman–Crippen LogP) is 6.78. The van der Waals surface area contributed by atoms with Gasteiger partial charge in [0, 0.05) is 11.1 Å². The summed E-state index contributed by atoms with van der Waals surface area (Å²) in [6, 6.07) is 15.3. The maximum Gasteiger partial charge on any atom is 0.314 e. The van der Waals surface area contributed by atoms with Gasteiger partial charge in [-0.2, -0.15) is 0 Å². The van der Waals surface area contributed by atoms with Crippen molar-refractivity contribution >= 4 is 5.97 Å². The second-order valence-corrected chi connectivity index (χ2v) is 8.43. The number of esters is 1. The molecule has 1 fully saturated rings. The van der Waals surface area contributed by atoms with Gasteiger partial charge in [-0.3, -0.25) is 4.79 Å². The third kappa shape index (κ3) is 7.47. The zero-order valence-corrected chi connectivity index (χ0v) is 18.9. The number of rotatable bonds is 8. The van der Waals surface area contributed by atoms with Gasteiger partial charge in [0.2, 0.25) is 0 Å². The van der Waals surface area contributed by atoms with Crippen LogP contribution in [0.15, 0.2) is 48.5 Å². The molecule has 0 aromatic heterocycles. The lowest BCUT2D eigenvalue weighted by atomic mass is 9.80. The molecule has 0 amide bonds. The normalized spacial score (nSPS) is 18.0. The molecule has 31 heavy (non-hydrogen) atoms. The SMILES string of the molecule is CCCCOc1ccc(C#Cc2ccc(OC(=O)C3CCC(CCC)CC3)cc2)cc1. The van der Waals surface area contributed by atoms with E-state index in [-0.39, 0.29) is 11.9 Å². The average molecular weight is 419 g/mol. The molecule has 0 bridgehead atoms. The highest BCUT2D eigenvalue weighted by atomic mass is 16.5. The second kappa shape index (κ2) is 12.2. The Kier molecular flexibility index (Phi) is 9.03. The molecule has 2 aromatic rings. The minimum atomic E-state index is -0.0879. The van der Waals surface area contributed by atoms with Gasteiger partial charge in [0.1, 0.15) is 11.5 Å². The maximum atomic E-state index is 12.5. The van der Waals surface area contributed by atoms with Crippen molar-refractivity contribution in [2.75, 3.05) is 6.61 Å². The second-order valence-electron chi connectivity index (χ2n) is 8.43. The van der Waals surface area contributed by atoms with E-state index < -0.39 is 0 Å². The first-order valence-corrected chi connectivity index (χ1v) is 11.7. The Morgan fingerprint density at radius 1 is 0.839 bits per heavy atom. The highest BCUT2D eigenvalue weighted by Crippen LogP contribution is 2.32. The van der Waals surface area contributed by atoms with Crippen LogP contribution in [0.4, 0.5) is 0 Å². The lowest BCUT2D eigenvalue weighted by Gasteiger charge is -2.26. The third-order valence-corrected chi connectivity index (χ3v) is 5.92. The molecule has 164 valence electrons. The van der Waals surface area contributed by atoms with Gasteiger partial charge in [-0.15, -0.1) is 0 Å². The van der Waals surface area contributed by atoms with Gasteiger partial charge in [0.05, 0.1) is 12.5 Å². The van der Waals surface area contributed by atoms with Crippen LogP contribution >= 0.6 is 0 Å². The summed E-state index contributed by atoms with van der Waals surface area (Å²) >= 11 is 0. The van der Waals surface area contributed by atoms with E-state index in [9.17, 15) is 4.79 Å². The van der Waals surface area contributed by atoms with Gasteiger partial charge >= 0.3 is 5.97 Å². The smallest absolute Gasteiger partial charge is 0.314 e. The molecule has 1 aliphatic rings. The summed E-state index contributed by atoms with van der Waals surface area (Å²) in [5.41, 5.74) is 1.83. The lowest BCUT2D eigenvalue weighted by molar-refractivity contribution is -0.140. The molecule has 3 heteroatoms. The van der Waals surface area contributed by atoms with Gasteiger partial charge < -0.3 is 9.47 Å². The molecule has 0 radical (unpaired) electrons. The highest BCUT2D eigenvalue weighted by Gasteiger charge is 2.27. The third-order valence-electron chi connectivity index (χ3n) is 5.92. The summed E-state index contributed by atoms with van der Waals surface area (Å²) in [6.45, 7) is 5.13. The molecule has 1 saturated carbocycles. The van der Waals surface area contributed by atoms with Gasteiger partial charge in [0.15, 0.2) is 0 Å². The van der Waals surface area contributed by atoms with Crippen molar-refractivity contribution < 1.29 is 14.3 Å². The minimum Gasteiger partial charge on any atom is -0.494 e. The van der Waals surface area contributed by atoms with Crippen LogP contribution in [0, 0.1) is 23.7 Å². The average Bonchev–Trinajstić information content (AvgIpc) is 2.80. The summed E-state index contributed by atoms with van der Waals surface area (Å²) in [6.07, 6.45) is 8.90. The topological polar surface area (TPSA) is 35.5 Å². The summed E-state index contributed by atoms with van der Waals surface area (Å²) in [4.78, 5) is 12.5. The van der Waals surface area contributed by atoms with E-state index in [1.54, 1.807) is 0 Å². The molecule has 0 unspecified atom stereocenters. The van der Waals surface area contributed by atoms with Crippen LogP contribution in [0.2, 0.25) is 0 Å². The molecule has 0 N–H and O–H groups in total. The quantitative estimate of drug-likeness (QED) is 0.205. The molecule has 1 aliphatic carbocycles. The van der Waals surface area contributed by atoms with Crippen molar-refractivity contribution in [3.8, 4) is 23.3 Å². The fourth-order valence-electron chi connectivity index (χ4n) is 4.01. The maximum absolute atomic E-state index is 12.5. The number of unbranched alkanes of at least 4 members (excludes halogenated alkanes) is 1. The minimum absolute atomic E-state index is 0.0431. The molecule has 0 spiro atoms. The molecule has 0 heterocycles. The first-order chi connectivity index (χ1) is 15.2. The van der Waals surface area contributed by atoms with E-state index in [2.05, 4.69) is 25.7 Å². The van der Waals surface area contributed by atoms with Crippen LogP contribution in [-0.2, 0) is 4.79 Å². The van der Waals surface area contributed by atoms with E-state index in [0.29, 0.717) is 5.75 Å². The predicted molar refractivity (Wildman–Crippen MR) is 125 cm³/mol. The number of hydrogen-bond acceptors (Lipinski definition) is 3. The van der Waals surface area contributed by atoms with Crippen molar-refractivity contribution in [3.63, 3.8) is 0 Å². The van der Waals surface area contributed by atoms with Gasteiger partial charge in [-0.25, -0.2) is 0 Å². The monoisotopic (exact) mass is 418 g/mol. The molecular formula is C28H34O3. The number of benzene rings is 2. The number of carbonyl (C=O) groups is 1. The van der Waals surface area contributed by atoms with Crippen molar-refractivity contribution in [2.45, 2.75) is 65.2 Å². The van der Waals surface area contributed by atoms with E-state index in [1.807, 2.05) is 48.5 Å². The van der Waals surface area contributed by atoms with E-state index in [0.717, 1.165) is 67.9 Å². The fourth-order valence-corrected chi connectivity index (χ4v) is 4.01. The van der Waals surface area contributed by atoms with Crippen molar-refractivity contribution in [2.24, 2.45) is 11.8 Å². The van der Waals surface area contributed by atoms with Crippen molar-refractivity contribution in [1.29, 1.82) is 0 Å². The largest absolute Gasteiger partial charge is 0.494 e. The van der Waals surface area contributed by atoms with E-state index in [1.165, 1.54) is 12.8 Å². The number of hydrogen-bond donors (Lipinski definition) is 0. The first kappa shape index (κ1) is 22.9. The van der Waals surface area contributed by atoms with Gasteiger partial charge in [-0.05, 0) is 86.6 Å². The summed E-state index contributed by atoms with van der Waals surface area (Å²) < 4.78 is 11.3. The Morgan fingerprint density at radius 2 is 1.42 bits per heavy atom.